The van der Waals surface area contributed by atoms with E-state index < -0.39 is 17.9 Å². The van der Waals surface area contributed by atoms with Crippen molar-refractivity contribution in [2.24, 2.45) is 11.8 Å². The maximum absolute atomic E-state index is 11.8. The van der Waals surface area contributed by atoms with Crippen LogP contribution in [0.3, 0.4) is 0 Å². The molecule has 1 aliphatic rings. The van der Waals surface area contributed by atoms with Crippen molar-refractivity contribution in [1.29, 1.82) is 5.26 Å². The first-order chi connectivity index (χ1) is 8.63. The molecule has 1 aliphatic carbocycles. The normalized spacial score (nSPS) is 18.1. The van der Waals surface area contributed by atoms with E-state index in [2.05, 4.69) is 0 Å². The second kappa shape index (κ2) is 6.80. The van der Waals surface area contributed by atoms with Crippen molar-refractivity contribution >= 4 is 11.9 Å². The topological polar surface area (TPSA) is 76.4 Å². The molecule has 5 heteroatoms. The van der Waals surface area contributed by atoms with E-state index in [-0.39, 0.29) is 19.1 Å². The fourth-order valence-corrected chi connectivity index (χ4v) is 2.03. The van der Waals surface area contributed by atoms with Crippen LogP contribution in [0.25, 0.3) is 0 Å². The Hall–Kier alpha value is -1.83. The highest BCUT2D eigenvalue weighted by Crippen LogP contribution is 2.32. The molecule has 0 bridgehead atoms. The van der Waals surface area contributed by atoms with Gasteiger partial charge >= 0.3 is 11.9 Å². The van der Waals surface area contributed by atoms with E-state index in [1.54, 1.807) is 19.9 Å². The molecular weight excluding hydrogens is 234 g/mol. The number of nitrogens with zero attached hydrogens (tertiary/aromatic N) is 1. The highest BCUT2D eigenvalue weighted by atomic mass is 16.6. The van der Waals surface area contributed by atoms with Gasteiger partial charge in [0.15, 0.2) is 5.92 Å². The number of carbonyl (C=O) groups is 2. The second-order valence-electron chi connectivity index (χ2n) is 4.02. The summed E-state index contributed by atoms with van der Waals surface area (Å²) in [5, 5.41) is 8.80. The first-order valence-corrected chi connectivity index (χ1v) is 6.06. The van der Waals surface area contributed by atoms with Gasteiger partial charge in [-0.3, -0.25) is 9.59 Å². The fourth-order valence-electron chi connectivity index (χ4n) is 2.03. The van der Waals surface area contributed by atoms with E-state index in [4.69, 9.17) is 14.7 Å². The zero-order valence-electron chi connectivity index (χ0n) is 10.6. The molecule has 1 rings (SSSR count). The summed E-state index contributed by atoms with van der Waals surface area (Å²) in [6.45, 7) is 3.82. The van der Waals surface area contributed by atoms with E-state index in [0.29, 0.717) is 18.4 Å². The van der Waals surface area contributed by atoms with Crippen LogP contribution in [0.15, 0.2) is 11.6 Å². The van der Waals surface area contributed by atoms with E-state index in [1.807, 2.05) is 6.07 Å². The van der Waals surface area contributed by atoms with Gasteiger partial charge in [-0.15, -0.1) is 0 Å². The highest BCUT2D eigenvalue weighted by Gasteiger charge is 2.39. The molecule has 0 N–H and O–H groups in total. The molecule has 1 unspecified atom stereocenters. The summed E-state index contributed by atoms with van der Waals surface area (Å²) in [5.41, 5.74) is 0.610. The van der Waals surface area contributed by atoms with Crippen molar-refractivity contribution in [1.82, 2.24) is 0 Å². The smallest absolute Gasteiger partial charge is 0.320 e. The van der Waals surface area contributed by atoms with Gasteiger partial charge in [0, 0.05) is 5.57 Å². The van der Waals surface area contributed by atoms with Crippen LogP contribution in [0.5, 0.6) is 0 Å². The predicted molar refractivity (Wildman–Crippen MR) is 63.2 cm³/mol. The van der Waals surface area contributed by atoms with Gasteiger partial charge < -0.3 is 9.47 Å². The average molecular weight is 251 g/mol. The minimum absolute atomic E-state index is 0.222. The molecule has 0 aliphatic heterocycles. The number of ether oxygens (including phenoxy) is 2. The third-order valence-electron chi connectivity index (χ3n) is 2.85. The monoisotopic (exact) mass is 251 g/mol. The third kappa shape index (κ3) is 3.33. The lowest BCUT2D eigenvalue weighted by Gasteiger charge is -2.19. The van der Waals surface area contributed by atoms with Crippen LogP contribution in [-0.2, 0) is 19.1 Å². The summed E-state index contributed by atoms with van der Waals surface area (Å²) in [6.07, 6.45) is 2.72. The number of hydrogen-bond donors (Lipinski definition) is 0. The first kappa shape index (κ1) is 14.2. The minimum Gasteiger partial charge on any atom is -0.465 e. The Labute approximate surface area is 106 Å². The lowest BCUT2D eigenvalue weighted by atomic mass is 9.89. The lowest BCUT2D eigenvalue weighted by Crippen LogP contribution is -2.33. The Kier molecular flexibility index (Phi) is 5.37. The largest absolute Gasteiger partial charge is 0.465 e. The van der Waals surface area contributed by atoms with Crippen molar-refractivity contribution in [2.45, 2.75) is 26.7 Å². The van der Waals surface area contributed by atoms with E-state index in [0.717, 1.165) is 0 Å². The Morgan fingerprint density at radius 2 is 1.94 bits per heavy atom. The van der Waals surface area contributed by atoms with Crippen molar-refractivity contribution in [3.63, 3.8) is 0 Å². The zero-order valence-corrected chi connectivity index (χ0v) is 10.6. The lowest BCUT2D eigenvalue weighted by molar-refractivity contribution is -0.164. The van der Waals surface area contributed by atoms with Crippen LogP contribution in [0.2, 0.25) is 0 Å². The summed E-state index contributed by atoms with van der Waals surface area (Å²) in [6, 6.07) is 2.05. The van der Waals surface area contributed by atoms with Gasteiger partial charge in [-0.25, -0.2) is 0 Å². The molecule has 0 saturated heterocycles. The number of rotatable bonds is 5. The van der Waals surface area contributed by atoms with Gasteiger partial charge in [-0.1, -0.05) is 6.08 Å². The summed E-state index contributed by atoms with van der Waals surface area (Å²) < 4.78 is 9.81. The molecule has 0 heterocycles. The highest BCUT2D eigenvalue weighted by molar-refractivity contribution is 5.95. The molecule has 98 valence electrons. The van der Waals surface area contributed by atoms with Gasteiger partial charge in [0.25, 0.3) is 0 Å². The Morgan fingerprint density at radius 1 is 1.39 bits per heavy atom. The van der Waals surface area contributed by atoms with Gasteiger partial charge in [-0.05, 0) is 32.6 Å². The van der Waals surface area contributed by atoms with Crippen LogP contribution >= 0.6 is 0 Å². The van der Waals surface area contributed by atoms with Crippen molar-refractivity contribution < 1.29 is 19.1 Å². The maximum atomic E-state index is 11.8. The van der Waals surface area contributed by atoms with Crippen LogP contribution < -0.4 is 0 Å². The fraction of sp³-hybridized carbons (Fsp3) is 0.615. The molecule has 1 atom stereocenters. The number of carbonyl (C=O) groups excluding carboxylic acids is 2. The van der Waals surface area contributed by atoms with Crippen LogP contribution in [-0.4, -0.2) is 25.2 Å². The van der Waals surface area contributed by atoms with Crippen LogP contribution in [0, 0.1) is 23.2 Å². The number of hydrogen-bond acceptors (Lipinski definition) is 5. The van der Waals surface area contributed by atoms with Crippen LogP contribution in [0.4, 0.5) is 0 Å². The molecule has 18 heavy (non-hydrogen) atoms. The van der Waals surface area contributed by atoms with E-state index in [9.17, 15) is 9.59 Å². The van der Waals surface area contributed by atoms with Gasteiger partial charge in [0.1, 0.15) is 0 Å². The molecule has 0 aromatic rings. The first-order valence-electron chi connectivity index (χ1n) is 6.06. The molecule has 0 amide bonds. The second-order valence-corrected chi connectivity index (χ2v) is 4.02. The van der Waals surface area contributed by atoms with Crippen LogP contribution in [0.1, 0.15) is 26.7 Å². The molecule has 0 fully saturated rings. The molecule has 0 aromatic carbocycles. The summed E-state index contributed by atoms with van der Waals surface area (Å²) in [5.74, 6) is -2.27. The van der Waals surface area contributed by atoms with Crippen molar-refractivity contribution in [2.75, 3.05) is 13.2 Å². The molecule has 0 radical (unpaired) electrons. The molecule has 0 aromatic heterocycles. The van der Waals surface area contributed by atoms with Gasteiger partial charge in [0.05, 0.1) is 19.3 Å². The Bertz CT molecular complexity index is 376. The molecule has 5 nitrogen and oxygen atoms in total. The van der Waals surface area contributed by atoms with Gasteiger partial charge in [-0.2, -0.15) is 5.26 Å². The Morgan fingerprint density at radius 3 is 2.33 bits per heavy atom. The molecule has 0 saturated carbocycles. The number of nitriles is 1. The minimum atomic E-state index is -0.924. The number of esters is 2. The van der Waals surface area contributed by atoms with E-state index in [1.165, 1.54) is 0 Å². The van der Waals surface area contributed by atoms with Crippen molar-refractivity contribution in [3.05, 3.63) is 11.6 Å². The zero-order chi connectivity index (χ0) is 13.5. The third-order valence-corrected chi connectivity index (χ3v) is 2.85. The summed E-state index contributed by atoms with van der Waals surface area (Å²) >= 11 is 0. The Balaban J connectivity index is 2.76. The van der Waals surface area contributed by atoms with Gasteiger partial charge in [0.2, 0.25) is 0 Å². The quantitative estimate of drug-likeness (QED) is 0.547. The maximum Gasteiger partial charge on any atom is 0.320 e. The predicted octanol–water partition coefficient (Wildman–Crippen LogP) is 1.59. The van der Waals surface area contributed by atoms with Crippen molar-refractivity contribution in [3.8, 4) is 6.07 Å². The number of allylic oxidation sites excluding steroid dienone is 2. The molecule has 0 spiro atoms. The molecular formula is C13H17NO4. The average Bonchev–Trinajstić information content (AvgIpc) is 2.78. The van der Waals surface area contributed by atoms with E-state index >= 15 is 0 Å². The summed E-state index contributed by atoms with van der Waals surface area (Å²) in [7, 11) is 0. The summed E-state index contributed by atoms with van der Waals surface area (Å²) in [4.78, 5) is 23.6. The standard InChI is InChI=1S/C13H17NO4/c1-3-17-12(15)11(13(16)18-4-2)10-6-5-9(7-10)8-14/h5,10-11H,3-4,6-7H2,1-2H3. The SMILES string of the molecule is CCOC(=O)C(C(=O)OCC)C1CC=C(C#N)C1.